The Balaban J connectivity index is 2.15. The van der Waals surface area contributed by atoms with Crippen LogP contribution in [0.3, 0.4) is 0 Å². The second-order valence-corrected chi connectivity index (χ2v) is 5.52. The summed E-state index contributed by atoms with van der Waals surface area (Å²) in [6, 6.07) is 8.47. The lowest BCUT2D eigenvalue weighted by Crippen LogP contribution is -2.55. The van der Waals surface area contributed by atoms with Gasteiger partial charge in [0.25, 0.3) is 0 Å². The van der Waals surface area contributed by atoms with Crippen LogP contribution in [0.1, 0.15) is 25.5 Å². The average Bonchev–Trinajstić information content (AvgIpc) is 2.34. The van der Waals surface area contributed by atoms with Crippen LogP contribution in [0, 0.1) is 5.41 Å². The molecule has 0 saturated carbocycles. The monoisotopic (exact) mass is 264 g/mol. The molecule has 0 amide bonds. The molecule has 19 heavy (non-hydrogen) atoms. The van der Waals surface area contributed by atoms with Gasteiger partial charge in [-0.1, -0.05) is 12.1 Å². The highest BCUT2D eigenvalue weighted by molar-refractivity contribution is 5.31. The van der Waals surface area contributed by atoms with E-state index in [-0.39, 0.29) is 17.6 Å². The maximum Gasteiger partial charge on any atom is 0.119 e. The summed E-state index contributed by atoms with van der Waals surface area (Å²) in [4.78, 5) is 0. The summed E-state index contributed by atoms with van der Waals surface area (Å²) in [7, 11) is 1.97. The predicted molar refractivity (Wildman–Crippen MR) is 76.3 cm³/mol. The highest BCUT2D eigenvalue weighted by Crippen LogP contribution is 2.39. The van der Waals surface area contributed by atoms with Gasteiger partial charge in [0.05, 0.1) is 19.3 Å². The van der Waals surface area contributed by atoms with Gasteiger partial charge in [0.1, 0.15) is 5.75 Å². The Labute approximate surface area is 115 Å². The molecular weight excluding hydrogens is 240 g/mol. The van der Waals surface area contributed by atoms with Gasteiger partial charge in [-0.3, -0.25) is 0 Å². The van der Waals surface area contributed by atoms with Gasteiger partial charge < -0.3 is 20.5 Å². The van der Waals surface area contributed by atoms with E-state index in [1.165, 1.54) is 5.56 Å². The molecule has 3 N–H and O–H groups in total. The summed E-state index contributed by atoms with van der Waals surface area (Å²) < 4.78 is 11.0. The van der Waals surface area contributed by atoms with E-state index < -0.39 is 0 Å². The topological polar surface area (TPSA) is 56.5 Å². The largest absolute Gasteiger partial charge is 0.491 e. The number of ether oxygens (including phenoxy) is 2. The first-order valence-corrected chi connectivity index (χ1v) is 6.83. The molecule has 0 aliphatic carbocycles. The smallest absolute Gasteiger partial charge is 0.119 e. The van der Waals surface area contributed by atoms with Gasteiger partial charge in [-0.15, -0.1) is 0 Å². The van der Waals surface area contributed by atoms with E-state index in [1.807, 2.05) is 33.0 Å². The fourth-order valence-corrected chi connectivity index (χ4v) is 2.60. The molecule has 0 radical (unpaired) electrons. The molecule has 0 spiro atoms. The van der Waals surface area contributed by atoms with Gasteiger partial charge in [0.15, 0.2) is 0 Å². The number of nitrogens with two attached hydrogens (primary N) is 1. The van der Waals surface area contributed by atoms with Crippen molar-refractivity contribution in [3.8, 4) is 5.75 Å². The van der Waals surface area contributed by atoms with Crippen molar-refractivity contribution in [2.75, 3.05) is 26.8 Å². The summed E-state index contributed by atoms with van der Waals surface area (Å²) in [5.74, 6) is 0.903. The van der Waals surface area contributed by atoms with Crippen molar-refractivity contribution in [1.29, 1.82) is 0 Å². The molecule has 2 rings (SSSR count). The Morgan fingerprint density at radius 2 is 1.95 bits per heavy atom. The second-order valence-electron chi connectivity index (χ2n) is 5.52. The highest BCUT2D eigenvalue weighted by atomic mass is 16.5. The van der Waals surface area contributed by atoms with E-state index in [4.69, 9.17) is 15.2 Å². The molecular formula is C15H24N2O2. The minimum Gasteiger partial charge on any atom is -0.491 e. The van der Waals surface area contributed by atoms with Crippen LogP contribution in [0.2, 0.25) is 0 Å². The van der Waals surface area contributed by atoms with E-state index in [9.17, 15) is 0 Å². The Kier molecular flexibility index (Phi) is 4.45. The van der Waals surface area contributed by atoms with E-state index >= 15 is 0 Å². The van der Waals surface area contributed by atoms with Crippen LogP contribution in [0.5, 0.6) is 5.75 Å². The van der Waals surface area contributed by atoms with Crippen LogP contribution in [-0.4, -0.2) is 32.9 Å². The van der Waals surface area contributed by atoms with Crippen LogP contribution in [0.25, 0.3) is 0 Å². The lowest BCUT2D eigenvalue weighted by Gasteiger charge is -2.46. The maximum absolute atomic E-state index is 5.93. The Morgan fingerprint density at radius 1 is 1.32 bits per heavy atom. The minimum atomic E-state index is 0.0230. The fraction of sp³-hybridized carbons (Fsp3) is 0.600. The van der Waals surface area contributed by atoms with E-state index in [2.05, 4.69) is 17.4 Å². The van der Waals surface area contributed by atoms with Crippen molar-refractivity contribution >= 4 is 0 Å². The van der Waals surface area contributed by atoms with Crippen LogP contribution in [0.15, 0.2) is 24.3 Å². The third-order valence-electron chi connectivity index (χ3n) is 3.67. The number of rotatable bonds is 6. The molecule has 1 aromatic carbocycles. The molecule has 1 unspecified atom stereocenters. The predicted octanol–water partition coefficient (Wildman–Crippen LogP) is 1.71. The van der Waals surface area contributed by atoms with Crippen molar-refractivity contribution in [1.82, 2.24) is 5.32 Å². The zero-order chi connectivity index (χ0) is 13.9. The Hall–Kier alpha value is -1.10. The molecule has 1 aromatic rings. The standard InChI is InChI=1S/C15H24N2O2/c1-11(2)19-13-6-4-12(5-7-13)14(17-3)15(8-16)9-18-10-15/h4-7,11,14,17H,8-10,16H2,1-3H3. The summed E-state index contributed by atoms with van der Waals surface area (Å²) in [5, 5.41) is 3.37. The zero-order valence-corrected chi connectivity index (χ0v) is 12.0. The first-order chi connectivity index (χ1) is 9.11. The molecule has 106 valence electrons. The first kappa shape index (κ1) is 14.3. The van der Waals surface area contributed by atoms with Gasteiger partial charge in [0, 0.05) is 18.0 Å². The van der Waals surface area contributed by atoms with Crippen molar-refractivity contribution in [2.45, 2.75) is 26.0 Å². The van der Waals surface area contributed by atoms with Crippen LogP contribution in [0.4, 0.5) is 0 Å². The summed E-state index contributed by atoms with van der Waals surface area (Å²) >= 11 is 0. The molecule has 1 heterocycles. The van der Waals surface area contributed by atoms with Gasteiger partial charge in [-0.2, -0.15) is 0 Å². The summed E-state index contributed by atoms with van der Waals surface area (Å²) in [6.07, 6.45) is 0.196. The van der Waals surface area contributed by atoms with Gasteiger partial charge in [-0.25, -0.2) is 0 Å². The number of nitrogens with one attached hydrogen (secondary N) is 1. The third kappa shape index (κ3) is 2.91. The zero-order valence-electron chi connectivity index (χ0n) is 12.0. The third-order valence-corrected chi connectivity index (χ3v) is 3.67. The number of benzene rings is 1. The van der Waals surface area contributed by atoms with Crippen LogP contribution in [-0.2, 0) is 4.74 Å². The van der Waals surface area contributed by atoms with Gasteiger partial charge >= 0.3 is 0 Å². The lowest BCUT2D eigenvalue weighted by atomic mass is 9.75. The highest BCUT2D eigenvalue weighted by Gasteiger charge is 2.44. The fourth-order valence-electron chi connectivity index (χ4n) is 2.60. The van der Waals surface area contributed by atoms with Gasteiger partial charge in [-0.05, 0) is 38.6 Å². The summed E-state index contributed by atoms with van der Waals surface area (Å²) in [5.41, 5.74) is 7.19. The summed E-state index contributed by atoms with van der Waals surface area (Å²) in [6.45, 7) is 6.13. The maximum atomic E-state index is 5.93. The quantitative estimate of drug-likeness (QED) is 0.821. The lowest BCUT2D eigenvalue weighted by molar-refractivity contribution is -0.126. The number of hydrogen-bond acceptors (Lipinski definition) is 4. The molecule has 1 atom stereocenters. The molecule has 1 saturated heterocycles. The molecule has 1 aliphatic heterocycles. The second kappa shape index (κ2) is 5.90. The normalized spacial score (nSPS) is 19.0. The minimum absolute atomic E-state index is 0.0230. The molecule has 1 aliphatic rings. The number of hydrogen-bond donors (Lipinski definition) is 2. The average molecular weight is 264 g/mol. The van der Waals surface area contributed by atoms with Crippen LogP contribution < -0.4 is 15.8 Å². The van der Waals surface area contributed by atoms with Crippen molar-refractivity contribution in [3.05, 3.63) is 29.8 Å². The SMILES string of the molecule is CNC(c1ccc(OC(C)C)cc1)C1(CN)COC1. The van der Waals surface area contributed by atoms with Crippen molar-refractivity contribution in [2.24, 2.45) is 11.1 Å². The van der Waals surface area contributed by atoms with E-state index in [1.54, 1.807) is 0 Å². The van der Waals surface area contributed by atoms with Gasteiger partial charge in [0.2, 0.25) is 0 Å². The first-order valence-electron chi connectivity index (χ1n) is 6.83. The molecule has 1 fully saturated rings. The van der Waals surface area contributed by atoms with Crippen molar-refractivity contribution < 1.29 is 9.47 Å². The van der Waals surface area contributed by atoms with Crippen LogP contribution >= 0.6 is 0 Å². The molecule has 4 nitrogen and oxygen atoms in total. The Morgan fingerprint density at radius 3 is 2.32 bits per heavy atom. The Bertz CT molecular complexity index is 394. The molecule has 0 aromatic heterocycles. The van der Waals surface area contributed by atoms with E-state index in [0.29, 0.717) is 6.54 Å². The molecule has 4 heteroatoms. The van der Waals surface area contributed by atoms with Crippen molar-refractivity contribution in [3.63, 3.8) is 0 Å². The van der Waals surface area contributed by atoms with E-state index in [0.717, 1.165) is 19.0 Å². The molecule has 0 bridgehead atoms.